The monoisotopic (exact) mass is 267 g/mol. The topological polar surface area (TPSA) is 30.5 Å². The number of hydrogen-bond donors (Lipinski definition) is 1. The lowest BCUT2D eigenvalue weighted by Gasteiger charge is -2.27. The first kappa shape index (κ1) is 13.6. The van der Waals surface area contributed by atoms with Crippen LogP contribution in [0.2, 0.25) is 0 Å². The third-order valence-corrected chi connectivity index (χ3v) is 3.83. The van der Waals surface area contributed by atoms with Gasteiger partial charge in [-0.15, -0.1) is 0 Å². The van der Waals surface area contributed by atoms with Crippen LogP contribution in [0.4, 0.5) is 0 Å². The molecule has 0 saturated carbocycles. The Morgan fingerprint density at radius 3 is 3.17 bits per heavy atom. The molecule has 1 aromatic carbocycles. The van der Waals surface area contributed by atoms with Gasteiger partial charge in [-0.2, -0.15) is 11.8 Å². The number of fused-ring (bicyclic) bond motifs is 1. The summed E-state index contributed by atoms with van der Waals surface area (Å²) in [6.45, 7) is 1.79. The fourth-order valence-corrected chi connectivity index (χ4v) is 2.64. The SMILES string of the molecule is COc1cccc2c1OC[C@H](NCCCSC)C2. The van der Waals surface area contributed by atoms with Gasteiger partial charge in [-0.1, -0.05) is 12.1 Å². The van der Waals surface area contributed by atoms with Crippen LogP contribution in [0.25, 0.3) is 0 Å². The molecule has 1 aliphatic rings. The predicted octanol–water partition coefficient (Wildman–Crippen LogP) is 2.34. The summed E-state index contributed by atoms with van der Waals surface area (Å²) >= 11 is 1.89. The molecule has 3 nitrogen and oxygen atoms in total. The standard InChI is InChI=1S/C14H21NO2S/c1-16-13-6-3-5-11-9-12(10-17-14(11)13)15-7-4-8-18-2/h3,5-6,12,15H,4,7-10H2,1-2H3/t12-/m1/s1. The normalized spacial score (nSPS) is 18.0. The summed E-state index contributed by atoms with van der Waals surface area (Å²) < 4.78 is 11.1. The Balaban J connectivity index is 1.90. The minimum Gasteiger partial charge on any atom is -0.493 e. The molecule has 0 aliphatic carbocycles. The number of para-hydroxylation sites is 1. The lowest BCUT2D eigenvalue weighted by atomic mass is 10.0. The summed E-state index contributed by atoms with van der Waals surface area (Å²) in [7, 11) is 1.69. The van der Waals surface area contributed by atoms with Gasteiger partial charge in [0.25, 0.3) is 0 Å². The van der Waals surface area contributed by atoms with E-state index in [4.69, 9.17) is 9.47 Å². The molecule has 2 rings (SSSR count). The lowest BCUT2D eigenvalue weighted by molar-refractivity contribution is 0.228. The summed E-state index contributed by atoms with van der Waals surface area (Å²) in [5.41, 5.74) is 1.24. The molecule has 0 saturated heterocycles. The van der Waals surface area contributed by atoms with Crippen LogP contribution in [0.15, 0.2) is 18.2 Å². The average Bonchev–Trinajstić information content (AvgIpc) is 2.42. The maximum Gasteiger partial charge on any atom is 0.164 e. The fraction of sp³-hybridized carbons (Fsp3) is 0.571. The predicted molar refractivity (Wildman–Crippen MR) is 77.0 cm³/mol. The van der Waals surface area contributed by atoms with Crippen LogP contribution in [0.5, 0.6) is 11.5 Å². The van der Waals surface area contributed by atoms with E-state index in [1.807, 2.05) is 23.9 Å². The highest BCUT2D eigenvalue weighted by molar-refractivity contribution is 7.98. The minimum absolute atomic E-state index is 0.423. The van der Waals surface area contributed by atoms with E-state index in [2.05, 4.69) is 17.6 Å². The molecule has 1 aliphatic heterocycles. The molecule has 1 aromatic rings. The zero-order valence-corrected chi connectivity index (χ0v) is 11.9. The molecule has 18 heavy (non-hydrogen) atoms. The zero-order valence-electron chi connectivity index (χ0n) is 11.1. The Kier molecular flexibility index (Phi) is 5.20. The van der Waals surface area contributed by atoms with Crippen molar-refractivity contribution in [3.63, 3.8) is 0 Å². The lowest BCUT2D eigenvalue weighted by Crippen LogP contribution is -2.39. The molecule has 0 unspecified atom stereocenters. The number of benzene rings is 1. The fourth-order valence-electron chi connectivity index (χ4n) is 2.21. The first-order valence-corrected chi connectivity index (χ1v) is 7.75. The molecule has 0 amide bonds. The van der Waals surface area contributed by atoms with E-state index >= 15 is 0 Å². The van der Waals surface area contributed by atoms with E-state index in [1.165, 1.54) is 17.7 Å². The first-order valence-electron chi connectivity index (χ1n) is 6.36. The molecule has 0 aromatic heterocycles. The highest BCUT2D eigenvalue weighted by atomic mass is 32.2. The maximum absolute atomic E-state index is 5.82. The van der Waals surface area contributed by atoms with E-state index in [1.54, 1.807) is 7.11 Å². The second-order valence-electron chi connectivity index (χ2n) is 4.46. The quantitative estimate of drug-likeness (QED) is 0.802. The van der Waals surface area contributed by atoms with Crippen LogP contribution >= 0.6 is 11.8 Å². The second kappa shape index (κ2) is 6.90. The van der Waals surface area contributed by atoms with Crippen molar-refractivity contribution < 1.29 is 9.47 Å². The molecular formula is C14H21NO2S. The second-order valence-corrected chi connectivity index (χ2v) is 5.45. The zero-order chi connectivity index (χ0) is 12.8. The van der Waals surface area contributed by atoms with Gasteiger partial charge in [-0.05, 0) is 43.0 Å². The summed E-state index contributed by atoms with van der Waals surface area (Å²) in [6, 6.07) is 6.52. The van der Waals surface area contributed by atoms with Gasteiger partial charge in [0, 0.05) is 6.04 Å². The molecular weight excluding hydrogens is 246 g/mol. The van der Waals surface area contributed by atoms with Gasteiger partial charge < -0.3 is 14.8 Å². The summed E-state index contributed by atoms with van der Waals surface area (Å²) in [5, 5.41) is 3.56. The van der Waals surface area contributed by atoms with Crippen LogP contribution in [-0.2, 0) is 6.42 Å². The number of rotatable bonds is 6. The molecule has 1 N–H and O–H groups in total. The molecule has 0 fully saturated rings. The molecule has 4 heteroatoms. The Morgan fingerprint density at radius 2 is 2.39 bits per heavy atom. The number of ether oxygens (including phenoxy) is 2. The number of nitrogens with one attached hydrogen (secondary N) is 1. The van der Waals surface area contributed by atoms with Crippen molar-refractivity contribution >= 4 is 11.8 Å². The van der Waals surface area contributed by atoms with Crippen molar-refractivity contribution in [1.29, 1.82) is 0 Å². The maximum atomic E-state index is 5.82. The summed E-state index contributed by atoms with van der Waals surface area (Å²) in [4.78, 5) is 0. The molecule has 0 radical (unpaired) electrons. The van der Waals surface area contributed by atoms with Gasteiger partial charge in [-0.3, -0.25) is 0 Å². The van der Waals surface area contributed by atoms with E-state index in [0.717, 1.165) is 31.1 Å². The molecule has 0 bridgehead atoms. The third-order valence-electron chi connectivity index (χ3n) is 3.13. The van der Waals surface area contributed by atoms with Crippen molar-refractivity contribution in [2.75, 3.05) is 32.3 Å². The van der Waals surface area contributed by atoms with Gasteiger partial charge in [0.2, 0.25) is 0 Å². The van der Waals surface area contributed by atoms with Gasteiger partial charge in [-0.25, -0.2) is 0 Å². The minimum atomic E-state index is 0.423. The van der Waals surface area contributed by atoms with Crippen LogP contribution < -0.4 is 14.8 Å². The van der Waals surface area contributed by atoms with Crippen molar-refractivity contribution in [2.45, 2.75) is 18.9 Å². The van der Waals surface area contributed by atoms with E-state index in [-0.39, 0.29) is 0 Å². The van der Waals surface area contributed by atoms with Crippen molar-refractivity contribution in [3.05, 3.63) is 23.8 Å². The van der Waals surface area contributed by atoms with E-state index < -0.39 is 0 Å². The molecule has 100 valence electrons. The highest BCUT2D eigenvalue weighted by Gasteiger charge is 2.21. The van der Waals surface area contributed by atoms with E-state index in [9.17, 15) is 0 Å². The smallest absolute Gasteiger partial charge is 0.164 e. The number of methoxy groups -OCH3 is 1. The Hall–Kier alpha value is -0.870. The summed E-state index contributed by atoms with van der Waals surface area (Å²) in [6.07, 6.45) is 4.38. The summed E-state index contributed by atoms with van der Waals surface area (Å²) in [5.74, 6) is 2.97. The van der Waals surface area contributed by atoms with E-state index in [0.29, 0.717) is 6.04 Å². The third kappa shape index (κ3) is 3.33. The number of thioether (sulfide) groups is 1. The molecule has 1 heterocycles. The van der Waals surface area contributed by atoms with Crippen molar-refractivity contribution in [1.82, 2.24) is 5.32 Å². The Labute approximate surface area is 113 Å². The van der Waals surface area contributed by atoms with Crippen molar-refractivity contribution in [2.24, 2.45) is 0 Å². The van der Waals surface area contributed by atoms with Gasteiger partial charge in [0.05, 0.1) is 7.11 Å². The molecule has 0 spiro atoms. The van der Waals surface area contributed by atoms with Crippen LogP contribution in [-0.4, -0.2) is 38.3 Å². The van der Waals surface area contributed by atoms with Crippen LogP contribution in [0, 0.1) is 0 Å². The average molecular weight is 267 g/mol. The largest absolute Gasteiger partial charge is 0.493 e. The van der Waals surface area contributed by atoms with Gasteiger partial charge in [0.15, 0.2) is 11.5 Å². The number of hydrogen-bond acceptors (Lipinski definition) is 4. The van der Waals surface area contributed by atoms with Gasteiger partial charge in [0.1, 0.15) is 6.61 Å². The van der Waals surface area contributed by atoms with Crippen LogP contribution in [0.3, 0.4) is 0 Å². The Bertz CT molecular complexity index is 384. The first-order chi connectivity index (χ1) is 8.85. The van der Waals surface area contributed by atoms with Crippen molar-refractivity contribution in [3.8, 4) is 11.5 Å². The molecule has 1 atom stereocenters. The highest BCUT2D eigenvalue weighted by Crippen LogP contribution is 2.34. The Morgan fingerprint density at radius 1 is 1.50 bits per heavy atom. The van der Waals surface area contributed by atoms with Gasteiger partial charge >= 0.3 is 0 Å². The van der Waals surface area contributed by atoms with Crippen LogP contribution in [0.1, 0.15) is 12.0 Å².